The summed E-state index contributed by atoms with van der Waals surface area (Å²) in [7, 11) is 1.45. The molecule has 0 bridgehead atoms. The first-order valence-corrected chi connectivity index (χ1v) is 4.25. The van der Waals surface area contributed by atoms with Gasteiger partial charge in [-0.15, -0.1) is 0 Å². The molecule has 0 aromatic heterocycles. The van der Waals surface area contributed by atoms with Crippen LogP contribution >= 0.6 is 0 Å². The summed E-state index contributed by atoms with van der Waals surface area (Å²) in [6.07, 6.45) is -4.14. The van der Waals surface area contributed by atoms with Crippen LogP contribution in [0.5, 0.6) is 0 Å². The van der Waals surface area contributed by atoms with E-state index < -0.39 is 12.7 Å². The fourth-order valence-corrected chi connectivity index (χ4v) is 1.36. The molecule has 0 rings (SSSR count). The monoisotopic (exact) mass is 198 g/mol. The predicted molar refractivity (Wildman–Crippen MR) is 46.4 cm³/mol. The van der Waals surface area contributed by atoms with Crippen molar-refractivity contribution < 1.29 is 13.2 Å². The van der Waals surface area contributed by atoms with Gasteiger partial charge in [-0.25, -0.2) is 0 Å². The third kappa shape index (κ3) is 5.10. The number of nitrogens with two attached hydrogens (primary N) is 1. The standard InChI is InChI=1S/C8H17F3N2/c1-6(2)7(4-12)13(3)5-8(9,10)11/h6-7H,4-5,12H2,1-3H3. The van der Waals surface area contributed by atoms with E-state index in [9.17, 15) is 13.2 Å². The summed E-state index contributed by atoms with van der Waals surface area (Å²) in [5, 5.41) is 0. The average Bonchev–Trinajstić information content (AvgIpc) is 1.82. The molecule has 0 spiro atoms. The van der Waals surface area contributed by atoms with Crippen LogP contribution in [0.4, 0.5) is 13.2 Å². The molecule has 0 heterocycles. The van der Waals surface area contributed by atoms with E-state index in [0.29, 0.717) is 0 Å². The lowest BCUT2D eigenvalue weighted by atomic mass is 10.0. The van der Waals surface area contributed by atoms with E-state index in [-0.39, 0.29) is 18.5 Å². The van der Waals surface area contributed by atoms with Gasteiger partial charge in [-0.05, 0) is 13.0 Å². The molecular weight excluding hydrogens is 181 g/mol. The Balaban J connectivity index is 4.14. The zero-order valence-electron chi connectivity index (χ0n) is 8.23. The van der Waals surface area contributed by atoms with Crippen molar-refractivity contribution in [2.75, 3.05) is 20.1 Å². The Morgan fingerprint density at radius 1 is 1.31 bits per heavy atom. The van der Waals surface area contributed by atoms with Crippen LogP contribution in [-0.2, 0) is 0 Å². The minimum Gasteiger partial charge on any atom is -0.329 e. The maximum absolute atomic E-state index is 12.0. The third-order valence-corrected chi connectivity index (χ3v) is 2.01. The molecule has 0 saturated heterocycles. The van der Waals surface area contributed by atoms with Gasteiger partial charge in [0.1, 0.15) is 0 Å². The van der Waals surface area contributed by atoms with Crippen LogP contribution in [0.3, 0.4) is 0 Å². The van der Waals surface area contributed by atoms with Crippen molar-refractivity contribution in [2.45, 2.75) is 26.1 Å². The molecule has 0 aromatic rings. The fraction of sp³-hybridized carbons (Fsp3) is 1.00. The van der Waals surface area contributed by atoms with Gasteiger partial charge in [0.05, 0.1) is 6.54 Å². The van der Waals surface area contributed by atoms with Crippen LogP contribution in [-0.4, -0.2) is 37.3 Å². The first-order chi connectivity index (χ1) is 5.78. The quantitative estimate of drug-likeness (QED) is 0.741. The molecule has 0 aliphatic heterocycles. The number of alkyl halides is 3. The molecule has 1 atom stereocenters. The summed E-state index contributed by atoms with van der Waals surface area (Å²) in [6, 6.07) is -0.207. The summed E-state index contributed by atoms with van der Waals surface area (Å²) >= 11 is 0. The smallest absolute Gasteiger partial charge is 0.329 e. The first-order valence-electron chi connectivity index (χ1n) is 4.25. The van der Waals surface area contributed by atoms with Crippen molar-refractivity contribution in [3.8, 4) is 0 Å². The molecular formula is C8H17F3N2. The molecule has 2 N–H and O–H groups in total. The molecule has 80 valence electrons. The molecule has 0 fully saturated rings. The molecule has 1 unspecified atom stereocenters. The van der Waals surface area contributed by atoms with Gasteiger partial charge >= 0.3 is 6.18 Å². The second-order valence-electron chi connectivity index (χ2n) is 3.58. The number of halogens is 3. The molecule has 0 radical (unpaired) electrons. The van der Waals surface area contributed by atoms with Crippen LogP contribution in [0.15, 0.2) is 0 Å². The van der Waals surface area contributed by atoms with Crippen molar-refractivity contribution in [3.63, 3.8) is 0 Å². The molecule has 0 aromatic carbocycles. The van der Waals surface area contributed by atoms with Crippen molar-refractivity contribution >= 4 is 0 Å². The zero-order valence-corrected chi connectivity index (χ0v) is 8.23. The molecule has 0 amide bonds. The molecule has 0 saturated carbocycles. The van der Waals surface area contributed by atoms with Crippen molar-refractivity contribution in [1.82, 2.24) is 4.90 Å². The topological polar surface area (TPSA) is 29.3 Å². The lowest BCUT2D eigenvalue weighted by Crippen LogP contribution is -2.45. The van der Waals surface area contributed by atoms with Crippen molar-refractivity contribution in [2.24, 2.45) is 11.7 Å². The highest BCUT2D eigenvalue weighted by Gasteiger charge is 2.32. The second kappa shape index (κ2) is 4.81. The highest BCUT2D eigenvalue weighted by molar-refractivity contribution is 4.74. The lowest BCUT2D eigenvalue weighted by Gasteiger charge is -2.30. The van der Waals surface area contributed by atoms with Crippen LogP contribution in [0.25, 0.3) is 0 Å². The Morgan fingerprint density at radius 2 is 1.77 bits per heavy atom. The van der Waals surface area contributed by atoms with Gasteiger partial charge in [-0.1, -0.05) is 13.8 Å². The molecule has 2 nitrogen and oxygen atoms in total. The lowest BCUT2D eigenvalue weighted by molar-refractivity contribution is -0.148. The summed E-state index contributed by atoms with van der Waals surface area (Å²) in [6.45, 7) is 3.09. The molecule has 0 aliphatic rings. The highest BCUT2D eigenvalue weighted by Crippen LogP contribution is 2.18. The van der Waals surface area contributed by atoms with E-state index in [1.807, 2.05) is 13.8 Å². The first kappa shape index (κ1) is 12.7. The van der Waals surface area contributed by atoms with Gasteiger partial charge < -0.3 is 5.73 Å². The summed E-state index contributed by atoms with van der Waals surface area (Å²) in [4.78, 5) is 1.25. The highest BCUT2D eigenvalue weighted by atomic mass is 19.4. The largest absolute Gasteiger partial charge is 0.401 e. The molecule has 5 heteroatoms. The van der Waals surface area contributed by atoms with Gasteiger partial charge in [-0.2, -0.15) is 13.2 Å². The van der Waals surface area contributed by atoms with E-state index in [1.165, 1.54) is 11.9 Å². The SMILES string of the molecule is CC(C)C(CN)N(C)CC(F)(F)F. The Morgan fingerprint density at radius 3 is 2.00 bits per heavy atom. The number of hydrogen-bond donors (Lipinski definition) is 1. The predicted octanol–water partition coefficient (Wildman–Crippen LogP) is 1.46. The minimum absolute atomic E-state index is 0.136. The minimum atomic E-state index is -4.14. The Kier molecular flexibility index (Phi) is 4.70. The fourth-order valence-electron chi connectivity index (χ4n) is 1.36. The van der Waals surface area contributed by atoms with Gasteiger partial charge in [0.15, 0.2) is 0 Å². The zero-order chi connectivity index (χ0) is 10.6. The van der Waals surface area contributed by atoms with Gasteiger partial charge in [-0.3, -0.25) is 4.90 Å². The second-order valence-corrected chi connectivity index (χ2v) is 3.58. The van der Waals surface area contributed by atoms with Gasteiger partial charge in [0, 0.05) is 12.6 Å². The van der Waals surface area contributed by atoms with Crippen LogP contribution in [0, 0.1) is 5.92 Å². The van der Waals surface area contributed by atoms with E-state index >= 15 is 0 Å². The Bertz CT molecular complexity index is 145. The van der Waals surface area contributed by atoms with E-state index in [1.54, 1.807) is 0 Å². The number of hydrogen-bond acceptors (Lipinski definition) is 2. The number of rotatable bonds is 4. The number of likely N-dealkylation sites (N-methyl/N-ethyl adjacent to an activating group) is 1. The molecule has 0 aliphatic carbocycles. The van der Waals surface area contributed by atoms with Gasteiger partial charge in [0.2, 0.25) is 0 Å². The average molecular weight is 198 g/mol. The normalized spacial score (nSPS) is 15.5. The summed E-state index contributed by atoms with van der Waals surface area (Å²) in [5.74, 6) is 0.136. The number of nitrogens with zero attached hydrogens (tertiary/aromatic N) is 1. The maximum atomic E-state index is 12.0. The summed E-state index contributed by atoms with van der Waals surface area (Å²) in [5.41, 5.74) is 5.38. The summed E-state index contributed by atoms with van der Waals surface area (Å²) < 4.78 is 36.0. The Labute approximate surface area is 76.9 Å². The van der Waals surface area contributed by atoms with Crippen LogP contribution in [0.1, 0.15) is 13.8 Å². The molecule has 13 heavy (non-hydrogen) atoms. The van der Waals surface area contributed by atoms with E-state index in [4.69, 9.17) is 5.73 Å². The van der Waals surface area contributed by atoms with Gasteiger partial charge in [0.25, 0.3) is 0 Å². The van der Waals surface area contributed by atoms with E-state index in [0.717, 1.165) is 0 Å². The van der Waals surface area contributed by atoms with Crippen molar-refractivity contribution in [1.29, 1.82) is 0 Å². The van der Waals surface area contributed by atoms with E-state index in [2.05, 4.69) is 0 Å². The maximum Gasteiger partial charge on any atom is 0.401 e. The van der Waals surface area contributed by atoms with Crippen molar-refractivity contribution in [3.05, 3.63) is 0 Å². The third-order valence-electron chi connectivity index (χ3n) is 2.01. The Hall–Kier alpha value is -0.290. The van der Waals surface area contributed by atoms with Crippen LogP contribution in [0.2, 0.25) is 0 Å². The van der Waals surface area contributed by atoms with Crippen LogP contribution < -0.4 is 5.73 Å².